The minimum atomic E-state index is 0.0631. The zero-order valence-corrected chi connectivity index (χ0v) is 16.0. The molecule has 1 saturated carbocycles. The maximum absolute atomic E-state index is 12.0. The highest BCUT2D eigenvalue weighted by Gasteiger charge is 2.24. The summed E-state index contributed by atoms with van der Waals surface area (Å²) in [4.78, 5) is 26.9. The minimum absolute atomic E-state index is 0.0631. The molecule has 0 N–H and O–H groups in total. The van der Waals surface area contributed by atoms with E-state index < -0.39 is 0 Å². The molecule has 2 fully saturated rings. The number of carbonyl (C=O) groups excluding carboxylic acids is 1. The molecule has 3 heterocycles. The monoisotopic (exact) mass is 370 g/mol. The zero-order chi connectivity index (χ0) is 18.8. The van der Waals surface area contributed by atoms with Crippen molar-refractivity contribution in [2.45, 2.75) is 31.6 Å². The number of anilines is 1. The van der Waals surface area contributed by atoms with E-state index in [4.69, 9.17) is 4.52 Å². The van der Waals surface area contributed by atoms with Gasteiger partial charge in [0.15, 0.2) is 0 Å². The number of hydrogen-bond acceptors (Lipinski definition) is 6. The second-order valence-corrected chi connectivity index (χ2v) is 7.49. The molecule has 27 heavy (non-hydrogen) atoms. The molecule has 4 rings (SSSR count). The number of aromatic nitrogens is 3. The van der Waals surface area contributed by atoms with Gasteiger partial charge < -0.3 is 19.2 Å². The zero-order valence-electron chi connectivity index (χ0n) is 16.0. The number of amides is 2. The van der Waals surface area contributed by atoms with Crippen LogP contribution in [0.25, 0.3) is 11.4 Å². The van der Waals surface area contributed by atoms with Crippen molar-refractivity contribution < 1.29 is 9.32 Å². The van der Waals surface area contributed by atoms with Crippen LogP contribution in [0.1, 0.15) is 37.5 Å². The van der Waals surface area contributed by atoms with Crippen LogP contribution in [0.2, 0.25) is 0 Å². The Balaban J connectivity index is 1.39. The van der Waals surface area contributed by atoms with Crippen LogP contribution in [0.3, 0.4) is 0 Å². The molecule has 1 aliphatic carbocycles. The molecular formula is C19H26N6O2. The number of urea groups is 1. The molecule has 8 nitrogen and oxygen atoms in total. The highest BCUT2D eigenvalue weighted by atomic mass is 16.5. The standard InChI is InChI=1S/C19H26N6O2/c1-23(2)19(26)25-11-9-24(10-12-25)16-8-7-15(13-20-16)17-21-18(27-22-17)14-5-3-4-6-14/h7-8,13-14H,3-6,9-12H2,1-2H3. The number of rotatable bonds is 3. The summed E-state index contributed by atoms with van der Waals surface area (Å²) in [6.45, 7) is 2.96. The molecule has 1 aliphatic heterocycles. The molecule has 8 heteroatoms. The van der Waals surface area contributed by atoms with Crippen molar-refractivity contribution in [3.63, 3.8) is 0 Å². The highest BCUT2D eigenvalue weighted by molar-refractivity contribution is 5.74. The van der Waals surface area contributed by atoms with Crippen LogP contribution in [0, 0.1) is 0 Å². The Bertz CT molecular complexity index is 774. The van der Waals surface area contributed by atoms with Crippen LogP contribution >= 0.6 is 0 Å². The van der Waals surface area contributed by atoms with Gasteiger partial charge >= 0.3 is 6.03 Å². The molecule has 0 bridgehead atoms. The van der Waals surface area contributed by atoms with Crippen molar-refractivity contribution in [3.05, 3.63) is 24.2 Å². The third-order valence-corrected chi connectivity index (χ3v) is 5.41. The number of piperazine rings is 1. The number of pyridine rings is 1. The van der Waals surface area contributed by atoms with Gasteiger partial charge in [0.2, 0.25) is 11.7 Å². The van der Waals surface area contributed by atoms with Crippen LogP contribution < -0.4 is 4.90 Å². The third-order valence-electron chi connectivity index (χ3n) is 5.41. The van der Waals surface area contributed by atoms with Gasteiger partial charge in [-0.15, -0.1) is 0 Å². The lowest BCUT2D eigenvalue weighted by Crippen LogP contribution is -2.51. The van der Waals surface area contributed by atoms with E-state index in [2.05, 4.69) is 20.0 Å². The smallest absolute Gasteiger partial charge is 0.319 e. The Morgan fingerprint density at radius 1 is 1.15 bits per heavy atom. The lowest BCUT2D eigenvalue weighted by atomic mass is 10.1. The van der Waals surface area contributed by atoms with E-state index in [1.165, 1.54) is 12.8 Å². The molecule has 0 spiro atoms. The Morgan fingerprint density at radius 3 is 2.52 bits per heavy atom. The summed E-state index contributed by atoms with van der Waals surface area (Å²) in [5.41, 5.74) is 0.869. The molecule has 2 amide bonds. The fraction of sp³-hybridized carbons (Fsp3) is 0.579. The molecular weight excluding hydrogens is 344 g/mol. The van der Waals surface area contributed by atoms with Crippen LogP contribution in [-0.4, -0.2) is 71.2 Å². The molecule has 0 radical (unpaired) electrons. The van der Waals surface area contributed by atoms with Gasteiger partial charge in [0.25, 0.3) is 0 Å². The first-order valence-corrected chi connectivity index (χ1v) is 9.63. The van der Waals surface area contributed by atoms with Gasteiger partial charge in [0.05, 0.1) is 0 Å². The van der Waals surface area contributed by atoms with Crippen LogP contribution in [-0.2, 0) is 0 Å². The van der Waals surface area contributed by atoms with Gasteiger partial charge in [0.1, 0.15) is 5.82 Å². The largest absolute Gasteiger partial charge is 0.353 e. The fourth-order valence-corrected chi connectivity index (χ4v) is 3.81. The third kappa shape index (κ3) is 3.74. The molecule has 0 aromatic carbocycles. The summed E-state index contributed by atoms with van der Waals surface area (Å²) >= 11 is 0. The van der Waals surface area contributed by atoms with Crippen molar-refractivity contribution in [2.75, 3.05) is 45.2 Å². The normalized spacial score (nSPS) is 18.1. The lowest BCUT2D eigenvalue weighted by Gasteiger charge is -2.36. The quantitative estimate of drug-likeness (QED) is 0.826. The topological polar surface area (TPSA) is 78.6 Å². The summed E-state index contributed by atoms with van der Waals surface area (Å²) in [6.07, 6.45) is 6.57. The molecule has 2 aliphatic rings. The van der Waals surface area contributed by atoms with Gasteiger partial charge in [-0.1, -0.05) is 18.0 Å². The Kier molecular flexibility index (Phi) is 4.96. The lowest BCUT2D eigenvalue weighted by molar-refractivity contribution is 0.168. The van der Waals surface area contributed by atoms with Crippen LogP contribution in [0.5, 0.6) is 0 Å². The predicted octanol–water partition coefficient (Wildman–Crippen LogP) is 2.59. The van der Waals surface area contributed by atoms with Gasteiger partial charge in [-0.05, 0) is 25.0 Å². The first-order chi connectivity index (χ1) is 13.1. The summed E-state index contributed by atoms with van der Waals surface area (Å²) in [7, 11) is 3.57. The Labute approximate surface area is 159 Å². The van der Waals surface area contributed by atoms with Crippen molar-refractivity contribution in [1.29, 1.82) is 0 Å². The second-order valence-electron chi connectivity index (χ2n) is 7.49. The van der Waals surface area contributed by atoms with E-state index in [-0.39, 0.29) is 6.03 Å². The number of carbonyl (C=O) groups is 1. The SMILES string of the molecule is CN(C)C(=O)N1CCN(c2ccc(-c3noc(C4CCCC4)n3)cn2)CC1. The summed E-state index contributed by atoms with van der Waals surface area (Å²) < 4.78 is 5.46. The molecule has 0 atom stereocenters. The van der Waals surface area contributed by atoms with Crippen molar-refractivity contribution in [2.24, 2.45) is 0 Å². The molecule has 2 aromatic rings. The second kappa shape index (κ2) is 7.54. The number of hydrogen-bond donors (Lipinski definition) is 0. The van der Waals surface area contributed by atoms with Crippen LogP contribution in [0.4, 0.5) is 10.6 Å². The molecule has 2 aromatic heterocycles. The fourth-order valence-electron chi connectivity index (χ4n) is 3.81. The van der Waals surface area contributed by atoms with E-state index in [0.29, 0.717) is 24.8 Å². The van der Waals surface area contributed by atoms with Crippen molar-refractivity contribution >= 4 is 11.8 Å². The molecule has 144 valence electrons. The minimum Gasteiger partial charge on any atom is -0.353 e. The number of nitrogens with zero attached hydrogens (tertiary/aromatic N) is 6. The molecule has 0 unspecified atom stereocenters. The maximum atomic E-state index is 12.0. The van der Waals surface area contributed by atoms with Crippen molar-refractivity contribution in [3.8, 4) is 11.4 Å². The molecule has 1 saturated heterocycles. The van der Waals surface area contributed by atoms with E-state index >= 15 is 0 Å². The van der Waals surface area contributed by atoms with Gasteiger partial charge in [-0.3, -0.25) is 0 Å². The first-order valence-electron chi connectivity index (χ1n) is 9.63. The average Bonchev–Trinajstić information content (AvgIpc) is 3.39. The Morgan fingerprint density at radius 2 is 1.89 bits per heavy atom. The summed E-state index contributed by atoms with van der Waals surface area (Å²) in [6, 6.07) is 4.04. The van der Waals surface area contributed by atoms with Crippen molar-refractivity contribution in [1.82, 2.24) is 24.9 Å². The van der Waals surface area contributed by atoms with E-state index in [0.717, 1.165) is 43.2 Å². The predicted molar refractivity (Wildman–Crippen MR) is 102 cm³/mol. The maximum Gasteiger partial charge on any atom is 0.319 e. The first kappa shape index (κ1) is 17.8. The highest BCUT2D eigenvalue weighted by Crippen LogP contribution is 2.33. The van der Waals surface area contributed by atoms with Crippen LogP contribution in [0.15, 0.2) is 22.9 Å². The van der Waals surface area contributed by atoms with Gasteiger partial charge in [-0.25, -0.2) is 9.78 Å². The van der Waals surface area contributed by atoms with Gasteiger partial charge in [-0.2, -0.15) is 4.98 Å². The van der Waals surface area contributed by atoms with E-state index in [9.17, 15) is 4.79 Å². The van der Waals surface area contributed by atoms with E-state index in [1.807, 2.05) is 17.0 Å². The summed E-state index contributed by atoms with van der Waals surface area (Å²) in [5, 5.41) is 4.13. The van der Waals surface area contributed by atoms with E-state index in [1.54, 1.807) is 25.2 Å². The Hall–Kier alpha value is -2.64. The average molecular weight is 370 g/mol. The summed E-state index contributed by atoms with van der Waals surface area (Å²) in [5.74, 6) is 2.69. The van der Waals surface area contributed by atoms with Gasteiger partial charge in [0, 0.05) is 58.0 Å².